The van der Waals surface area contributed by atoms with Crippen LogP contribution < -0.4 is 10.5 Å². The lowest BCUT2D eigenvalue weighted by molar-refractivity contribution is -0.145. The molecule has 2 aliphatic rings. The van der Waals surface area contributed by atoms with E-state index in [9.17, 15) is 9.59 Å². The first kappa shape index (κ1) is 13.1. The van der Waals surface area contributed by atoms with Crippen LogP contribution in [0, 0.1) is 11.8 Å². The van der Waals surface area contributed by atoms with E-state index in [4.69, 9.17) is 4.74 Å². The van der Waals surface area contributed by atoms with Crippen molar-refractivity contribution in [2.24, 2.45) is 11.8 Å². The van der Waals surface area contributed by atoms with Crippen molar-refractivity contribution in [2.45, 2.75) is 25.7 Å². The number of aromatic nitrogens is 2. The van der Waals surface area contributed by atoms with Gasteiger partial charge in [-0.25, -0.2) is 4.98 Å². The molecule has 1 aromatic heterocycles. The van der Waals surface area contributed by atoms with E-state index >= 15 is 0 Å². The molecule has 1 N–H and O–H groups in total. The van der Waals surface area contributed by atoms with E-state index in [1.807, 2.05) is 11.8 Å². The lowest BCUT2D eigenvalue weighted by atomic mass is 9.99. The van der Waals surface area contributed by atoms with Crippen molar-refractivity contribution in [2.75, 3.05) is 25.1 Å². The van der Waals surface area contributed by atoms with Crippen molar-refractivity contribution in [1.82, 2.24) is 9.97 Å². The Labute approximate surface area is 117 Å². The lowest BCUT2D eigenvalue weighted by Crippen LogP contribution is -2.26. The molecule has 1 saturated carbocycles. The first-order valence-electron chi connectivity index (χ1n) is 7.02. The number of nitrogens with one attached hydrogen (secondary N) is 1. The molecule has 2 atom stereocenters. The summed E-state index contributed by atoms with van der Waals surface area (Å²) >= 11 is 0. The monoisotopic (exact) mass is 277 g/mol. The van der Waals surface area contributed by atoms with E-state index < -0.39 is 0 Å². The standard InChI is InChI=1S/C14H19N3O3/c1-8-6-17(7-10(8)14(19)20-2)11-5-12(18)16-13(15-11)9-3-4-9/h5,8-10H,3-4,6-7H2,1-2H3,(H,15,16,18). The average molecular weight is 277 g/mol. The second-order valence-corrected chi connectivity index (χ2v) is 5.78. The molecular formula is C14H19N3O3. The fraction of sp³-hybridized carbons (Fsp3) is 0.643. The van der Waals surface area contributed by atoms with E-state index in [2.05, 4.69) is 9.97 Å². The number of ether oxygens (including phenoxy) is 1. The van der Waals surface area contributed by atoms with Crippen LogP contribution in [-0.4, -0.2) is 36.1 Å². The largest absolute Gasteiger partial charge is 0.469 e. The van der Waals surface area contributed by atoms with Gasteiger partial charge in [0.2, 0.25) is 0 Å². The van der Waals surface area contributed by atoms with Crippen molar-refractivity contribution in [3.05, 3.63) is 22.2 Å². The number of methoxy groups -OCH3 is 1. The minimum Gasteiger partial charge on any atom is -0.469 e. The number of nitrogens with zero attached hydrogens (tertiary/aromatic N) is 2. The highest BCUT2D eigenvalue weighted by atomic mass is 16.5. The van der Waals surface area contributed by atoms with E-state index in [0.29, 0.717) is 18.3 Å². The van der Waals surface area contributed by atoms with Gasteiger partial charge in [-0.05, 0) is 18.8 Å². The summed E-state index contributed by atoms with van der Waals surface area (Å²) in [6.07, 6.45) is 2.18. The highest BCUT2D eigenvalue weighted by molar-refractivity contribution is 5.74. The molecule has 1 aliphatic carbocycles. The molecule has 0 spiro atoms. The maximum Gasteiger partial charge on any atom is 0.310 e. The molecule has 2 heterocycles. The molecule has 3 rings (SSSR count). The molecule has 1 saturated heterocycles. The molecule has 0 bridgehead atoms. The van der Waals surface area contributed by atoms with Gasteiger partial charge < -0.3 is 14.6 Å². The summed E-state index contributed by atoms with van der Waals surface area (Å²) in [4.78, 5) is 32.8. The minimum absolute atomic E-state index is 0.119. The van der Waals surface area contributed by atoms with Crippen molar-refractivity contribution < 1.29 is 9.53 Å². The SMILES string of the molecule is COC(=O)C1CN(c2cc(=O)[nH]c(C3CC3)n2)CC1C. The van der Waals surface area contributed by atoms with Gasteiger partial charge in [0.25, 0.3) is 5.56 Å². The average Bonchev–Trinajstić information content (AvgIpc) is 3.20. The van der Waals surface area contributed by atoms with Gasteiger partial charge in [0.1, 0.15) is 11.6 Å². The summed E-state index contributed by atoms with van der Waals surface area (Å²) in [6.45, 7) is 3.31. The summed E-state index contributed by atoms with van der Waals surface area (Å²) in [5.74, 6) is 1.72. The van der Waals surface area contributed by atoms with Gasteiger partial charge in [0.15, 0.2) is 0 Å². The molecule has 108 valence electrons. The molecule has 6 heteroatoms. The summed E-state index contributed by atoms with van der Waals surface area (Å²) < 4.78 is 4.83. The fourth-order valence-electron chi connectivity index (χ4n) is 2.79. The first-order valence-corrected chi connectivity index (χ1v) is 7.02. The fourth-order valence-corrected chi connectivity index (χ4v) is 2.79. The molecule has 2 fully saturated rings. The van der Waals surface area contributed by atoms with Crippen molar-refractivity contribution >= 4 is 11.8 Å². The summed E-state index contributed by atoms with van der Waals surface area (Å²) in [5.41, 5.74) is -0.119. The third-order valence-electron chi connectivity index (χ3n) is 4.15. The normalized spacial score (nSPS) is 25.8. The van der Waals surface area contributed by atoms with Gasteiger partial charge in [-0.1, -0.05) is 6.92 Å². The molecule has 2 unspecified atom stereocenters. The van der Waals surface area contributed by atoms with Crippen LogP contribution in [0.1, 0.15) is 31.5 Å². The molecule has 1 aliphatic heterocycles. The Kier molecular flexibility index (Phi) is 3.23. The number of aromatic amines is 1. The minimum atomic E-state index is -0.188. The number of esters is 1. The zero-order valence-corrected chi connectivity index (χ0v) is 11.8. The van der Waals surface area contributed by atoms with Crippen LogP contribution in [0.25, 0.3) is 0 Å². The zero-order valence-electron chi connectivity index (χ0n) is 11.8. The van der Waals surface area contributed by atoms with Crippen molar-refractivity contribution in [3.63, 3.8) is 0 Å². The Morgan fingerprint density at radius 1 is 1.45 bits per heavy atom. The molecule has 1 aromatic rings. The van der Waals surface area contributed by atoms with Gasteiger partial charge in [0, 0.05) is 25.1 Å². The van der Waals surface area contributed by atoms with Crippen LogP contribution in [0.2, 0.25) is 0 Å². The van der Waals surface area contributed by atoms with Crippen LogP contribution in [0.15, 0.2) is 10.9 Å². The maximum atomic E-state index is 11.7. The van der Waals surface area contributed by atoms with Crippen molar-refractivity contribution in [1.29, 1.82) is 0 Å². The van der Waals surface area contributed by atoms with Gasteiger partial charge in [-0.2, -0.15) is 0 Å². The Morgan fingerprint density at radius 3 is 2.85 bits per heavy atom. The zero-order chi connectivity index (χ0) is 14.3. The van der Waals surface area contributed by atoms with Crippen LogP contribution in [0.4, 0.5) is 5.82 Å². The molecule has 0 aromatic carbocycles. The molecule has 0 amide bonds. The number of hydrogen-bond donors (Lipinski definition) is 1. The molecule has 0 radical (unpaired) electrons. The predicted molar refractivity (Wildman–Crippen MR) is 73.7 cm³/mol. The highest BCUT2D eigenvalue weighted by Gasteiger charge is 2.36. The van der Waals surface area contributed by atoms with E-state index in [1.165, 1.54) is 13.2 Å². The van der Waals surface area contributed by atoms with E-state index in [0.717, 1.165) is 25.2 Å². The van der Waals surface area contributed by atoms with E-state index in [1.54, 1.807) is 0 Å². The lowest BCUT2D eigenvalue weighted by Gasteiger charge is -2.17. The Balaban J connectivity index is 1.83. The van der Waals surface area contributed by atoms with Gasteiger partial charge >= 0.3 is 5.97 Å². The summed E-state index contributed by atoms with van der Waals surface area (Å²) in [6, 6.07) is 1.51. The highest BCUT2D eigenvalue weighted by Crippen LogP contribution is 2.38. The van der Waals surface area contributed by atoms with Crippen LogP contribution >= 0.6 is 0 Å². The third-order valence-corrected chi connectivity index (χ3v) is 4.15. The van der Waals surface area contributed by atoms with Crippen LogP contribution in [0.3, 0.4) is 0 Å². The second kappa shape index (κ2) is 4.92. The first-order chi connectivity index (χ1) is 9.58. The van der Waals surface area contributed by atoms with Crippen LogP contribution in [-0.2, 0) is 9.53 Å². The Bertz CT molecular complexity index is 579. The quantitative estimate of drug-likeness (QED) is 0.831. The Hall–Kier alpha value is -1.85. The van der Waals surface area contributed by atoms with Gasteiger partial charge in [-0.3, -0.25) is 9.59 Å². The number of rotatable bonds is 3. The van der Waals surface area contributed by atoms with Crippen molar-refractivity contribution in [3.8, 4) is 0 Å². The molecule has 6 nitrogen and oxygen atoms in total. The number of H-pyrrole nitrogens is 1. The number of carbonyl (C=O) groups is 1. The number of hydrogen-bond acceptors (Lipinski definition) is 5. The third kappa shape index (κ3) is 2.42. The smallest absolute Gasteiger partial charge is 0.310 e. The predicted octanol–water partition coefficient (Wildman–Crippen LogP) is 0.893. The van der Waals surface area contributed by atoms with Crippen LogP contribution in [0.5, 0.6) is 0 Å². The topological polar surface area (TPSA) is 75.3 Å². The van der Waals surface area contributed by atoms with Gasteiger partial charge in [-0.15, -0.1) is 0 Å². The van der Waals surface area contributed by atoms with Gasteiger partial charge in [0.05, 0.1) is 13.0 Å². The molecular weight excluding hydrogens is 258 g/mol. The second-order valence-electron chi connectivity index (χ2n) is 5.78. The Morgan fingerprint density at radius 2 is 2.20 bits per heavy atom. The number of carbonyl (C=O) groups excluding carboxylic acids is 1. The van der Waals surface area contributed by atoms with E-state index in [-0.39, 0.29) is 23.4 Å². The summed E-state index contributed by atoms with van der Waals surface area (Å²) in [5, 5.41) is 0. The number of anilines is 1. The maximum absolute atomic E-state index is 11.7. The molecule has 20 heavy (non-hydrogen) atoms. The summed E-state index contributed by atoms with van der Waals surface area (Å²) in [7, 11) is 1.41.